The van der Waals surface area contributed by atoms with Gasteiger partial charge in [0.1, 0.15) is 0 Å². The maximum absolute atomic E-state index is 12.9. The first-order valence-electron chi connectivity index (χ1n) is 11.1. The van der Waals surface area contributed by atoms with Crippen LogP contribution in [0.3, 0.4) is 0 Å². The van der Waals surface area contributed by atoms with Gasteiger partial charge in [0.25, 0.3) is 11.6 Å². The van der Waals surface area contributed by atoms with Crippen LogP contribution >= 0.6 is 0 Å². The second-order valence-electron chi connectivity index (χ2n) is 8.55. The molecule has 0 spiro atoms. The average molecular weight is 481 g/mol. The summed E-state index contributed by atoms with van der Waals surface area (Å²) >= 11 is 0. The monoisotopic (exact) mass is 480 g/mol. The Bertz CT molecular complexity index is 1220. The summed E-state index contributed by atoms with van der Waals surface area (Å²) in [4.78, 5) is 51.5. The molecule has 3 amide bonds. The molecule has 3 rings (SSSR count). The molecule has 0 aliphatic carbocycles. The Hall–Kier alpha value is -4.21. The number of hydrogen-bond donors (Lipinski definition) is 2. The van der Waals surface area contributed by atoms with Crippen molar-refractivity contribution in [1.29, 1.82) is 0 Å². The fourth-order valence-corrected chi connectivity index (χ4v) is 4.21. The lowest BCUT2D eigenvalue weighted by atomic mass is 9.93. The largest absolute Gasteiger partial charge is 0.478 e. The summed E-state index contributed by atoms with van der Waals surface area (Å²) in [7, 11) is 1.67. The van der Waals surface area contributed by atoms with Gasteiger partial charge >= 0.3 is 12.0 Å². The van der Waals surface area contributed by atoms with Crippen molar-refractivity contribution in [1.82, 2.24) is 15.1 Å². The molecule has 0 saturated carbocycles. The van der Waals surface area contributed by atoms with E-state index in [1.807, 2.05) is 26.0 Å². The molecule has 2 aromatic carbocycles. The SMILES string of the molecule is CC1=C(C(=O)O)C(c2cccc([N+](=O)[O-])c2)N(CCCN(C)C(=O)c2cccc(C)c2C)C(=O)N1. The molecule has 0 aromatic heterocycles. The molecule has 1 aliphatic rings. The molecule has 2 aromatic rings. The molecular formula is C25H28N4O6. The highest BCUT2D eigenvalue weighted by Gasteiger charge is 2.38. The van der Waals surface area contributed by atoms with Crippen molar-refractivity contribution in [2.75, 3.05) is 20.1 Å². The molecule has 10 nitrogen and oxygen atoms in total. The standard InChI is InChI=1S/C25H28N4O6/c1-15-8-5-11-20(16(15)2)23(30)27(4)12-7-13-28-22(18-9-6-10-19(14-18)29(34)35)21(24(31)32)17(3)26-25(28)33/h5-6,8-11,14,22H,7,12-13H2,1-4H3,(H,26,33)(H,31,32). The number of carboxylic acid groups (broad SMARTS) is 1. The number of hydrogen-bond acceptors (Lipinski definition) is 5. The number of nitro groups is 1. The maximum atomic E-state index is 12.9. The number of nitro benzene ring substituents is 1. The number of aryl methyl sites for hydroxylation is 1. The first-order chi connectivity index (χ1) is 16.5. The number of nitrogens with zero attached hydrogens (tertiary/aromatic N) is 3. The van der Waals surface area contributed by atoms with Crippen molar-refractivity contribution in [3.8, 4) is 0 Å². The van der Waals surface area contributed by atoms with Gasteiger partial charge in [-0.1, -0.05) is 24.3 Å². The second kappa shape index (κ2) is 10.4. The number of carbonyl (C=O) groups excluding carboxylic acids is 2. The Morgan fingerprint density at radius 2 is 1.86 bits per heavy atom. The normalized spacial score (nSPS) is 15.6. The lowest BCUT2D eigenvalue weighted by Gasteiger charge is -2.37. The lowest BCUT2D eigenvalue weighted by Crippen LogP contribution is -2.49. The number of aliphatic carboxylic acids is 1. The molecule has 0 bridgehead atoms. The van der Waals surface area contributed by atoms with Crippen LogP contribution in [0.15, 0.2) is 53.7 Å². The van der Waals surface area contributed by atoms with Crippen molar-refractivity contribution in [3.05, 3.63) is 86.1 Å². The number of carbonyl (C=O) groups is 3. The molecule has 1 aliphatic heterocycles. The van der Waals surface area contributed by atoms with Gasteiger partial charge in [0, 0.05) is 43.5 Å². The van der Waals surface area contributed by atoms with E-state index in [1.54, 1.807) is 24.1 Å². The predicted octanol–water partition coefficient (Wildman–Crippen LogP) is 3.80. The van der Waals surface area contributed by atoms with Crippen LogP contribution in [0.1, 0.15) is 46.4 Å². The zero-order valence-corrected chi connectivity index (χ0v) is 20.1. The molecule has 1 unspecified atom stereocenters. The van der Waals surface area contributed by atoms with Crippen LogP contribution < -0.4 is 5.32 Å². The van der Waals surface area contributed by atoms with Crippen molar-refractivity contribution in [2.24, 2.45) is 0 Å². The smallest absolute Gasteiger partial charge is 0.335 e. The number of rotatable bonds is 8. The molecule has 0 radical (unpaired) electrons. The summed E-state index contributed by atoms with van der Waals surface area (Å²) in [6.45, 7) is 5.76. The van der Waals surface area contributed by atoms with Crippen molar-refractivity contribution < 1.29 is 24.4 Å². The zero-order chi connectivity index (χ0) is 25.9. The van der Waals surface area contributed by atoms with E-state index in [-0.39, 0.29) is 29.4 Å². The van der Waals surface area contributed by atoms with Crippen LogP contribution in [0.2, 0.25) is 0 Å². The summed E-state index contributed by atoms with van der Waals surface area (Å²) in [6, 6.07) is 9.62. The number of non-ortho nitro benzene ring substituents is 1. The van der Waals surface area contributed by atoms with Gasteiger partial charge in [-0.2, -0.15) is 0 Å². The van der Waals surface area contributed by atoms with E-state index < -0.39 is 23.0 Å². The van der Waals surface area contributed by atoms with Gasteiger partial charge in [-0.05, 0) is 49.9 Å². The van der Waals surface area contributed by atoms with E-state index >= 15 is 0 Å². The Labute approximate surface area is 203 Å². The van der Waals surface area contributed by atoms with Crippen molar-refractivity contribution >= 4 is 23.6 Å². The third-order valence-electron chi connectivity index (χ3n) is 6.25. The summed E-state index contributed by atoms with van der Waals surface area (Å²) in [6.07, 6.45) is 0.373. The first kappa shape index (κ1) is 25.4. The topological polar surface area (TPSA) is 133 Å². The molecule has 1 heterocycles. The van der Waals surface area contributed by atoms with Gasteiger partial charge in [0.2, 0.25) is 0 Å². The van der Waals surface area contributed by atoms with Crippen LogP contribution in [-0.2, 0) is 4.79 Å². The number of urea groups is 1. The fourth-order valence-electron chi connectivity index (χ4n) is 4.21. The van der Waals surface area contributed by atoms with Crippen molar-refractivity contribution in [3.63, 3.8) is 0 Å². The number of amides is 3. The lowest BCUT2D eigenvalue weighted by molar-refractivity contribution is -0.384. The molecule has 35 heavy (non-hydrogen) atoms. The summed E-state index contributed by atoms with van der Waals surface area (Å²) in [5.41, 5.74) is 2.75. The number of allylic oxidation sites excluding steroid dienone is 1. The Morgan fingerprint density at radius 3 is 2.51 bits per heavy atom. The van der Waals surface area contributed by atoms with E-state index in [1.165, 1.54) is 30.0 Å². The van der Waals surface area contributed by atoms with Gasteiger partial charge in [0.15, 0.2) is 0 Å². The maximum Gasteiger partial charge on any atom is 0.335 e. The van der Waals surface area contributed by atoms with Gasteiger partial charge in [-0.25, -0.2) is 9.59 Å². The van der Waals surface area contributed by atoms with Gasteiger partial charge in [0.05, 0.1) is 16.5 Å². The summed E-state index contributed by atoms with van der Waals surface area (Å²) < 4.78 is 0. The van der Waals surface area contributed by atoms with E-state index in [2.05, 4.69) is 5.32 Å². The molecule has 0 fully saturated rings. The highest BCUT2D eigenvalue weighted by Crippen LogP contribution is 2.35. The molecular weight excluding hydrogens is 452 g/mol. The van der Waals surface area contributed by atoms with E-state index in [9.17, 15) is 29.6 Å². The number of benzene rings is 2. The quantitative estimate of drug-likeness (QED) is 0.436. The molecule has 2 N–H and O–H groups in total. The Balaban J connectivity index is 1.83. The minimum Gasteiger partial charge on any atom is -0.478 e. The fraction of sp³-hybridized carbons (Fsp3) is 0.320. The third-order valence-corrected chi connectivity index (χ3v) is 6.25. The van der Waals surface area contributed by atoms with Crippen LogP contribution in [-0.4, -0.2) is 57.9 Å². The Morgan fingerprint density at radius 1 is 1.17 bits per heavy atom. The van der Waals surface area contributed by atoms with Gasteiger partial charge in [-0.15, -0.1) is 0 Å². The molecule has 184 valence electrons. The Kier molecular flexibility index (Phi) is 7.53. The minimum absolute atomic E-state index is 0.0649. The summed E-state index contributed by atoms with van der Waals surface area (Å²) in [5.74, 6) is -1.38. The second-order valence-corrected chi connectivity index (χ2v) is 8.55. The van der Waals surface area contributed by atoms with Crippen molar-refractivity contribution in [2.45, 2.75) is 33.2 Å². The highest BCUT2D eigenvalue weighted by molar-refractivity contribution is 5.96. The first-order valence-corrected chi connectivity index (χ1v) is 11.1. The van der Waals surface area contributed by atoms with Crippen LogP contribution in [0, 0.1) is 24.0 Å². The van der Waals surface area contributed by atoms with E-state index in [0.717, 1.165) is 11.1 Å². The number of carboxylic acids is 1. The summed E-state index contributed by atoms with van der Waals surface area (Å²) in [5, 5.41) is 23.7. The minimum atomic E-state index is -1.23. The van der Waals surface area contributed by atoms with E-state index in [0.29, 0.717) is 24.1 Å². The average Bonchev–Trinajstić information content (AvgIpc) is 2.81. The molecule has 0 saturated heterocycles. The predicted molar refractivity (Wildman–Crippen MR) is 129 cm³/mol. The van der Waals surface area contributed by atoms with Gasteiger partial charge in [-0.3, -0.25) is 14.9 Å². The molecule has 1 atom stereocenters. The van der Waals surface area contributed by atoms with Crippen LogP contribution in [0.4, 0.5) is 10.5 Å². The van der Waals surface area contributed by atoms with E-state index in [4.69, 9.17) is 0 Å². The molecule has 10 heteroatoms. The third kappa shape index (κ3) is 5.32. The number of nitrogens with one attached hydrogen (secondary N) is 1. The van der Waals surface area contributed by atoms with Gasteiger partial charge < -0.3 is 20.2 Å². The van der Waals surface area contributed by atoms with Crippen LogP contribution in [0.5, 0.6) is 0 Å². The highest BCUT2D eigenvalue weighted by atomic mass is 16.6. The van der Waals surface area contributed by atoms with Crippen LogP contribution in [0.25, 0.3) is 0 Å². The zero-order valence-electron chi connectivity index (χ0n) is 20.1.